The molecular weight excluding hydrogens is 355 g/mol. The van der Waals surface area contributed by atoms with E-state index in [0.29, 0.717) is 20.9 Å². The van der Waals surface area contributed by atoms with Crippen molar-refractivity contribution >= 4 is 60.8 Å². The average molecular weight is 361 g/mol. The summed E-state index contributed by atoms with van der Waals surface area (Å²) >= 11 is 18.1. The molecule has 0 spiro atoms. The highest BCUT2D eigenvalue weighted by atomic mass is 79.9. The summed E-state index contributed by atoms with van der Waals surface area (Å²) in [6.45, 7) is 0. The third-order valence-corrected chi connectivity index (χ3v) is 4.71. The molecule has 0 radical (unpaired) electrons. The normalized spacial score (nSPS) is 12.6. The van der Waals surface area contributed by atoms with Crippen LogP contribution in [-0.4, -0.2) is 15.9 Å². The highest BCUT2D eigenvalue weighted by Crippen LogP contribution is 2.27. The minimum Gasteiger partial charge on any atom is -0.293 e. The molecule has 0 aliphatic carbocycles. The molecule has 0 saturated carbocycles. The van der Waals surface area contributed by atoms with E-state index >= 15 is 0 Å². The van der Waals surface area contributed by atoms with Gasteiger partial charge >= 0.3 is 0 Å². The summed E-state index contributed by atoms with van der Waals surface area (Å²) in [4.78, 5) is 11.4. The largest absolute Gasteiger partial charge is 0.293 e. The van der Waals surface area contributed by atoms with Gasteiger partial charge in [-0.05, 0) is 12.1 Å². The molecule has 0 aliphatic rings. The second-order valence-corrected chi connectivity index (χ2v) is 5.13. The summed E-state index contributed by atoms with van der Waals surface area (Å²) in [7, 11) is 0. The van der Waals surface area contributed by atoms with Crippen LogP contribution < -0.4 is 0 Å². The van der Waals surface area contributed by atoms with Crippen molar-refractivity contribution in [3.63, 3.8) is 0 Å². The lowest BCUT2D eigenvalue weighted by molar-refractivity contribution is 0.0997. The Morgan fingerprint density at radius 1 is 1.43 bits per heavy atom. The number of benzene rings is 1. The molecule has 76 valence electrons. The summed E-state index contributed by atoms with van der Waals surface area (Å²) in [5.41, 5.74) is 0.445. The highest BCUT2D eigenvalue weighted by molar-refractivity contribution is 9.12. The van der Waals surface area contributed by atoms with E-state index in [1.165, 1.54) is 0 Å². The molecule has 0 N–H and O–H groups in total. The van der Waals surface area contributed by atoms with Gasteiger partial charge in [0.15, 0.2) is 5.78 Å². The Morgan fingerprint density at radius 2 is 2.07 bits per heavy atom. The van der Waals surface area contributed by atoms with E-state index in [0.717, 1.165) is 0 Å². The van der Waals surface area contributed by atoms with Crippen molar-refractivity contribution < 1.29 is 4.79 Å². The molecule has 1 rings (SSSR count). The zero-order valence-electron chi connectivity index (χ0n) is 6.94. The van der Waals surface area contributed by atoms with Gasteiger partial charge in [0.05, 0.1) is 14.9 Å². The van der Waals surface area contributed by atoms with Gasteiger partial charge in [0.25, 0.3) is 0 Å². The molecule has 14 heavy (non-hydrogen) atoms. The van der Waals surface area contributed by atoms with Gasteiger partial charge in [-0.25, -0.2) is 0 Å². The van der Waals surface area contributed by atoms with Crippen LogP contribution in [0.4, 0.5) is 0 Å². The molecule has 0 fully saturated rings. The molecule has 0 amide bonds. The number of carbonyl (C=O) groups is 1. The average Bonchev–Trinajstić information content (AvgIpc) is 2.20. The lowest BCUT2D eigenvalue weighted by Crippen LogP contribution is -2.15. The quantitative estimate of drug-likeness (QED) is 0.579. The number of hydrogen-bond donors (Lipinski definition) is 0. The number of hydrogen-bond acceptors (Lipinski definition) is 1. The van der Waals surface area contributed by atoms with E-state index in [1.807, 2.05) is 0 Å². The summed E-state index contributed by atoms with van der Waals surface area (Å²) < 4.78 is 0. The first kappa shape index (κ1) is 12.5. The van der Waals surface area contributed by atoms with E-state index in [2.05, 4.69) is 31.9 Å². The SMILES string of the molecule is O=C(c1cccc(Cl)c1Cl)C(Br)CBr. The number of rotatable bonds is 3. The highest BCUT2D eigenvalue weighted by Gasteiger charge is 2.19. The second-order valence-electron chi connectivity index (χ2n) is 2.59. The molecule has 1 nitrogen and oxygen atoms in total. The maximum Gasteiger partial charge on any atom is 0.178 e. The van der Waals surface area contributed by atoms with E-state index in [4.69, 9.17) is 23.2 Å². The molecule has 5 heteroatoms. The van der Waals surface area contributed by atoms with Crippen molar-refractivity contribution in [1.29, 1.82) is 0 Å². The van der Waals surface area contributed by atoms with Crippen LogP contribution >= 0.6 is 55.1 Å². The topological polar surface area (TPSA) is 17.1 Å². The monoisotopic (exact) mass is 358 g/mol. The molecule has 1 unspecified atom stereocenters. The van der Waals surface area contributed by atoms with Crippen LogP contribution in [0, 0.1) is 0 Å². The summed E-state index contributed by atoms with van der Waals surface area (Å²) in [5.74, 6) is -0.0747. The van der Waals surface area contributed by atoms with Crippen molar-refractivity contribution in [3.8, 4) is 0 Å². The van der Waals surface area contributed by atoms with Gasteiger partial charge in [0, 0.05) is 10.9 Å². The third-order valence-electron chi connectivity index (χ3n) is 1.64. The van der Waals surface area contributed by atoms with Crippen molar-refractivity contribution in [3.05, 3.63) is 33.8 Å². The second kappa shape index (κ2) is 5.50. The molecule has 0 aliphatic heterocycles. The Morgan fingerprint density at radius 3 is 2.64 bits per heavy atom. The van der Waals surface area contributed by atoms with Crippen molar-refractivity contribution in [2.45, 2.75) is 4.83 Å². The van der Waals surface area contributed by atoms with E-state index < -0.39 is 0 Å². The van der Waals surface area contributed by atoms with Crippen LogP contribution in [0.1, 0.15) is 10.4 Å². The fourth-order valence-corrected chi connectivity index (χ4v) is 1.87. The standard InChI is InChI=1S/C9H6Br2Cl2O/c10-4-6(11)9(14)5-2-1-3-7(12)8(5)13/h1-3,6H,4H2. The van der Waals surface area contributed by atoms with Crippen LogP contribution in [0.3, 0.4) is 0 Å². The maximum absolute atomic E-state index is 11.7. The van der Waals surface area contributed by atoms with Crippen molar-refractivity contribution in [1.82, 2.24) is 0 Å². The van der Waals surface area contributed by atoms with Gasteiger partial charge in [-0.2, -0.15) is 0 Å². The summed E-state index contributed by atoms with van der Waals surface area (Å²) in [5, 5.41) is 1.24. The predicted octanol–water partition coefficient (Wildman–Crippen LogP) is 4.33. The first-order valence-corrected chi connectivity index (χ1v) is 6.55. The number of carbonyl (C=O) groups excluding carboxylic acids is 1. The van der Waals surface area contributed by atoms with Gasteiger partial charge < -0.3 is 0 Å². The van der Waals surface area contributed by atoms with Gasteiger partial charge in [0.1, 0.15) is 0 Å². The molecule has 0 aromatic heterocycles. The van der Waals surface area contributed by atoms with E-state index in [-0.39, 0.29) is 10.6 Å². The van der Waals surface area contributed by atoms with Crippen LogP contribution in [-0.2, 0) is 0 Å². The summed E-state index contributed by atoms with van der Waals surface area (Å²) in [6, 6.07) is 5.01. The predicted molar refractivity (Wildman–Crippen MR) is 67.3 cm³/mol. The Kier molecular flexibility index (Phi) is 4.91. The maximum atomic E-state index is 11.7. The first-order valence-electron chi connectivity index (χ1n) is 3.76. The minimum absolute atomic E-state index is 0.0747. The number of halogens is 4. The van der Waals surface area contributed by atoms with Crippen molar-refractivity contribution in [2.24, 2.45) is 0 Å². The zero-order chi connectivity index (χ0) is 10.7. The van der Waals surface area contributed by atoms with Crippen LogP contribution in [0.15, 0.2) is 18.2 Å². The number of ketones is 1. The van der Waals surface area contributed by atoms with E-state index in [9.17, 15) is 4.79 Å². The molecule has 1 atom stereocenters. The molecular formula is C9H6Br2Cl2O. The fraction of sp³-hybridized carbons (Fsp3) is 0.222. The lowest BCUT2D eigenvalue weighted by atomic mass is 10.1. The Hall–Kier alpha value is 0.430. The van der Waals surface area contributed by atoms with Crippen LogP contribution in [0.25, 0.3) is 0 Å². The zero-order valence-corrected chi connectivity index (χ0v) is 11.6. The molecule has 1 aromatic rings. The Labute approximate surface area is 109 Å². The lowest BCUT2D eigenvalue weighted by Gasteiger charge is -2.07. The van der Waals surface area contributed by atoms with E-state index in [1.54, 1.807) is 18.2 Å². The third kappa shape index (κ3) is 2.72. The molecule has 0 saturated heterocycles. The summed E-state index contributed by atoms with van der Waals surface area (Å²) in [6.07, 6.45) is 0. The van der Waals surface area contributed by atoms with Crippen molar-refractivity contribution in [2.75, 3.05) is 5.33 Å². The molecule has 0 bridgehead atoms. The fourth-order valence-electron chi connectivity index (χ4n) is 0.933. The van der Waals surface area contributed by atoms with Crippen LogP contribution in [0.5, 0.6) is 0 Å². The van der Waals surface area contributed by atoms with Gasteiger partial charge in [0.2, 0.25) is 0 Å². The van der Waals surface area contributed by atoms with Crippen LogP contribution in [0.2, 0.25) is 10.0 Å². The molecule has 1 aromatic carbocycles. The van der Waals surface area contributed by atoms with Gasteiger partial charge in [-0.15, -0.1) is 0 Å². The van der Waals surface area contributed by atoms with Gasteiger partial charge in [-0.1, -0.05) is 61.1 Å². The Bertz CT molecular complexity index is 355. The minimum atomic E-state index is -0.279. The Balaban J connectivity index is 3.07. The first-order chi connectivity index (χ1) is 6.57. The molecule has 0 heterocycles. The van der Waals surface area contributed by atoms with Gasteiger partial charge in [-0.3, -0.25) is 4.79 Å². The number of alkyl halides is 2. The smallest absolute Gasteiger partial charge is 0.178 e. The number of Topliss-reactive ketones (excluding diaryl/α,β-unsaturated/α-hetero) is 1.